The van der Waals surface area contributed by atoms with Crippen molar-refractivity contribution < 1.29 is 19.7 Å². The van der Waals surface area contributed by atoms with E-state index in [4.69, 9.17) is 9.47 Å². The van der Waals surface area contributed by atoms with Crippen molar-refractivity contribution in [2.24, 2.45) is 0 Å². The highest BCUT2D eigenvalue weighted by molar-refractivity contribution is 5.43. The summed E-state index contributed by atoms with van der Waals surface area (Å²) in [7, 11) is 3.59. The summed E-state index contributed by atoms with van der Waals surface area (Å²) in [6.45, 7) is 5.88. The Balaban J connectivity index is 1.91. The van der Waals surface area contributed by atoms with Gasteiger partial charge in [-0.25, -0.2) is 0 Å². The molecule has 0 aliphatic rings. The summed E-state index contributed by atoms with van der Waals surface area (Å²) >= 11 is 0. The Labute approximate surface area is 174 Å². The lowest BCUT2D eigenvalue weighted by atomic mass is 10.2. The SMILES string of the molecule is CCN(CCO)Cc1ccc(OC)c(OCC(O)CN(C)Cc2ccccc2)c1. The molecule has 0 saturated heterocycles. The molecule has 0 aliphatic heterocycles. The summed E-state index contributed by atoms with van der Waals surface area (Å²) in [6.07, 6.45) is -0.612. The van der Waals surface area contributed by atoms with Crippen molar-refractivity contribution >= 4 is 0 Å². The number of hydrogen-bond donors (Lipinski definition) is 2. The molecule has 0 amide bonds. The summed E-state index contributed by atoms with van der Waals surface area (Å²) in [4.78, 5) is 4.23. The molecule has 6 nitrogen and oxygen atoms in total. The fourth-order valence-corrected chi connectivity index (χ4v) is 3.24. The summed E-state index contributed by atoms with van der Waals surface area (Å²) in [6, 6.07) is 16.0. The molecule has 29 heavy (non-hydrogen) atoms. The monoisotopic (exact) mass is 402 g/mol. The molecule has 2 rings (SSSR count). The molecule has 2 N–H and O–H groups in total. The van der Waals surface area contributed by atoms with Crippen LogP contribution in [0.25, 0.3) is 0 Å². The van der Waals surface area contributed by atoms with E-state index in [-0.39, 0.29) is 13.2 Å². The Bertz CT molecular complexity index is 711. The first kappa shape index (κ1) is 23.2. The van der Waals surface area contributed by atoms with E-state index in [9.17, 15) is 10.2 Å². The number of benzene rings is 2. The van der Waals surface area contributed by atoms with Crippen molar-refractivity contribution in [3.05, 3.63) is 59.7 Å². The van der Waals surface area contributed by atoms with Crippen LogP contribution in [-0.4, -0.2) is 73.1 Å². The Hall–Kier alpha value is -2.12. The summed E-state index contributed by atoms with van der Waals surface area (Å²) < 4.78 is 11.3. The van der Waals surface area contributed by atoms with Crippen molar-refractivity contribution in [1.29, 1.82) is 0 Å². The minimum atomic E-state index is -0.612. The number of likely N-dealkylation sites (N-methyl/N-ethyl adjacent to an activating group) is 2. The van der Waals surface area contributed by atoms with Crippen molar-refractivity contribution in [2.45, 2.75) is 26.1 Å². The predicted molar refractivity (Wildman–Crippen MR) is 115 cm³/mol. The molecular weight excluding hydrogens is 368 g/mol. The lowest BCUT2D eigenvalue weighted by Gasteiger charge is -2.22. The number of hydrogen-bond acceptors (Lipinski definition) is 6. The normalized spacial score (nSPS) is 12.4. The smallest absolute Gasteiger partial charge is 0.161 e. The minimum absolute atomic E-state index is 0.135. The van der Waals surface area contributed by atoms with Gasteiger partial charge >= 0.3 is 0 Å². The molecule has 0 heterocycles. The van der Waals surface area contributed by atoms with E-state index in [1.807, 2.05) is 43.4 Å². The van der Waals surface area contributed by atoms with Gasteiger partial charge in [0.25, 0.3) is 0 Å². The van der Waals surface area contributed by atoms with Crippen LogP contribution in [-0.2, 0) is 13.1 Å². The van der Waals surface area contributed by atoms with Crippen LogP contribution in [0.1, 0.15) is 18.1 Å². The molecule has 0 radical (unpaired) electrons. The lowest BCUT2D eigenvalue weighted by molar-refractivity contribution is 0.0732. The van der Waals surface area contributed by atoms with Crippen LogP contribution in [0.5, 0.6) is 11.5 Å². The van der Waals surface area contributed by atoms with Crippen molar-refractivity contribution in [1.82, 2.24) is 9.80 Å². The molecule has 6 heteroatoms. The number of nitrogens with zero attached hydrogens (tertiary/aromatic N) is 2. The van der Waals surface area contributed by atoms with E-state index in [0.29, 0.717) is 24.6 Å². The van der Waals surface area contributed by atoms with Gasteiger partial charge in [-0.2, -0.15) is 0 Å². The summed E-state index contributed by atoms with van der Waals surface area (Å²) in [5.74, 6) is 1.26. The minimum Gasteiger partial charge on any atom is -0.493 e. The Morgan fingerprint density at radius 3 is 2.41 bits per heavy atom. The fraction of sp³-hybridized carbons (Fsp3) is 0.478. The van der Waals surface area contributed by atoms with Crippen LogP contribution in [0.3, 0.4) is 0 Å². The van der Waals surface area contributed by atoms with Crippen LogP contribution in [0.4, 0.5) is 0 Å². The molecule has 0 bridgehead atoms. The maximum absolute atomic E-state index is 10.4. The standard InChI is InChI=1S/C23H34N2O4/c1-4-25(12-13-26)16-20-10-11-22(28-3)23(14-20)29-18-21(27)17-24(2)15-19-8-6-5-7-9-19/h5-11,14,21,26-27H,4,12-13,15-18H2,1-3H3. The molecule has 0 fully saturated rings. The molecule has 0 aromatic heterocycles. The van der Waals surface area contributed by atoms with E-state index in [2.05, 4.69) is 28.9 Å². The van der Waals surface area contributed by atoms with Crippen LogP contribution in [0.15, 0.2) is 48.5 Å². The van der Waals surface area contributed by atoms with E-state index >= 15 is 0 Å². The molecule has 160 valence electrons. The molecule has 0 aliphatic carbocycles. The van der Waals surface area contributed by atoms with Gasteiger partial charge in [-0.15, -0.1) is 0 Å². The quantitative estimate of drug-likeness (QED) is 0.536. The van der Waals surface area contributed by atoms with E-state index in [1.54, 1.807) is 7.11 Å². The third-order valence-corrected chi connectivity index (χ3v) is 4.75. The van der Waals surface area contributed by atoms with Crippen LogP contribution in [0.2, 0.25) is 0 Å². The second-order valence-electron chi connectivity index (χ2n) is 7.22. The van der Waals surface area contributed by atoms with E-state index in [0.717, 1.165) is 25.2 Å². The number of methoxy groups -OCH3 is 1. The average molecular weight is 403 g/mol. The van der Waals surface area contributed by atoms with Gasteiger partial charge in [0.2, 0.25) is 0 Å². The molecule has 1 unspecified atom stereocenters. The largest absolute Gasteiger partial charge is 0.493 e. The number of ether oxygens (including phenoxy) is 2. The van der Waals surface area contributed by atoms with Gasteiger partial charge in [-0.05, 0) is 36.9 Å². The van der Waals surface area contributed by atoms with Gasteiger partial charge in [0.15, 0.2) is 11.5 Å². The Morgan fingerprint density at radius 1 is 1.00 bits per heavy atom. The van der Waals surface area contributed by atoms with Gasteiger partial charge in [0.05, 0.1) is 13.7 Å². The second-order valence-corrected chi connectivity index (χ2v) is 7.22. The number of aliphatic hydroxyl groups excluding tert-OH is 2. The Kier molecular flexibility index (Phi) is 9.94. The van der Waals surface area contributed by atoms with Crippen LogP contribution >= 0.6 is 0 Å². The molecule has 2 aromatic carbocycles. The maximum atomic E-state index is 10.4. The zero-order valence-electron chi connectivity index (χ0n) is 17.8. The molecule has 2 aromatic rings. The molecule has 1 atom stereocenters. The number of rotatable bonds is 13. The van der Waals surface area contributed by atoms with Crippen molar-refractivity contribution in [2.75, 3.05) is 47.0 Å². The summed E-state index contributed by atoms with van der Waals surface area (Å²) in [5.41, 5.74) is 2.28. The van der Waals surface area contributed by atoms with Gasteiger partial charge in [-0.3, -0.25) is 9.80 Å². The first-order valence-electron chi connectivity index (χ1n) is 10.1. The highest BCUT2D eigenvalue weighted by atomic mass is 16.5. The zero-order chi connectivity index (χ0) is 21.1. The Morgan fingerprint density at radius 2 is 1.76 bits per heavy atom. The lowest BCUT2D eigenvalue weighted by Crippen LogP contribution is -2.32. The average Bonchev–Trinajstić information content (AvgIpc) is 2.72. The maximum Gasteiger partial charge on any atom is 0.161 e. The van der Waals surface area contributed by atoms with E-state index < -0.39 is 6.10 Å². The van der Waals surface area contributed by atoms with Crippen LogP contribution < -0.4 is 9.47 Å². The zero-order valence-corrected chi connectivity index (χ0v) is 17.8. The van der Waals surface area contributed by atoms with Gasteiger partial charge in [0.1, 0.15) is 12.7 Å². The first-order chi connectivity index (χ1) is 14.0. The third-order valence-electron chi connectivity index (χ3n) is 4.75. The molecular formula is C23H34N2O4. The van der Waals surface area contributed by atoms with E-state index in [1.165, 1.54) is 5.56 Å². The first-order valence-corrected chi connectivity index (χ1v) is 10.1. The van der Waals surface area contributed by atoms with Crippen LogP contribution in [0, 0.1) is 0 Å². The molecule has 0 saturated carbocycles. The second kappa shape index (κ2) is 12.4. The topological polar surface area (TPSA) is 65.4 Å². The van der Waals surface area contributed by atoms with Gasteiger partial charge in [0, 0.05) is 26.2 Å². The van der Waals surface area contributed by atoms with Crippen molar-refractivity contribution in [3.8, 4) is 11.5 Å². The summed E-state index contributed by atoms with van der Waals surface area (Å²) in [5, 5.41) is 19.6. The molecule has 0 spiro atoms. The fourth-order valence-electron chi connectivity index (χ4n) is 3.24. The van der Waals surface area contributed by atoms with Gasteiger partial charge < -0.3 is 19.7 Å². The van der Waals surface area contributed by atoms with Gasteiger partial charge in [-0.1, -0.05) is 43.3 Å². The third kappa shape index (κ3) is 8.03. The van der Waals surface area contributed by atoms with Crippen molar-refractivity contribution in [3.63, 3.8) is 0 Å². The predicted octanol–water partition coefficient (Wildman–Crippen LogP) is 2.38. The highest BCUT2D eigenvalue weighted by Gasteiger charge is 2.13. The number of aliphatic hydroxyl groups is 2. The highest BCUT2D eigenvalue weighted by Crippen LogP contribution is 2.28.